The van der Waals surface area contributed by atoms with Crippen molar-refractivity contribution in [3.63, 3.8) is 0 Å². The van der Waals surface area contributed by atoms with Gasteiger partial charge in [0, 0.05) is 53.8 Å². The number of anilines is 2. The molecular weight excluding hydrogens is 276 g/mol. The van der Waals surface area contributed by atoms with Gasteiger partial charge < -0.3 is 15.8 Å². The molecular formula is C14H22N2O3S. The molecule has 1 amide bonds. The molecule has 112 valence electrons. The predicted octanol–water partition coefficient (Wildman–Crippen LogP) is 1.69. The van der Waals surface area contributed by atoms with Crippen LogP contribution in [0.1, 0.15) is 18.4 Å². The monoisotopic (exact) mass is 298 g/mol. The van der Waals surface area contributed by atoms with Crippen LogP contribution in [0, 0.1) is 6.92 Å². The average Bonchev–Trinajstić information content (AvgIpc) is 2.40. The van der Waals surface area contributed by atoms with E-state index in [1.54, 1.807) is 25.3 Å². The number of hydrogen-bond donors (Lipinski definition) is 2. The van der Waals surface area contributed by atoms with Crippen LogP contribution in [-0.2, 0) is 20.3 Å². The number of aryl methyl sites for hydroxylation is 1. The number of nitrogens with two attached hydrogens (primary N) is 1. The quantitative estimate of drug-likeness (QED) is 0.565. The number of methoxy groups -OCH3 is 1. The van der Waals surface area contributed by atoms with E-state index in [1.807, 2.05) is 6.92 Å². The van der Waals surface area contributed by atoms with Gasteiger partial charge >= 0.3 is 0 Å². The highest BCUT2D eigenvalue weighted by atomic mass is 32.2. The van der Waals surface area contributed by atoms with Crippen molar-refractivity contribution >= 4 is 28.1 Å². The van der Waals surface area contributed by atoms with Crippen molar-refractivity contribution in [2.45, 2.75) is 19.8 Å². The van der Waals surface area contributed by atoms with Crippen molar-refractivity contribution in [3.8, 4) is 0 Å². The van der Waals surface area contributed by atoms with Crippen LogP contribution >= 0.6 is 0 Å². The summed E-state index contributed by atoms with van der Waals surface area (Å²) in [5.74, 6) is 0.823. The zero-order valence-corrected chi connectivity index (χ0v) is 12.8. The maximum absolute atomic E-state index is 11.8. The number of rotatable bonds is 8. The molecule has 0 saturated carbocycles. The molecule has 1 aromatic carbocycles. The Morgan fingerprint density at radius 1 is 1.40 bits per heavy atom. The Morgan fingerprint density at radius 3 is 2.80 bits per heavy atom. The van der Waals surface area contributed by atoms with E-state index < -0.39 is 10.8 Å². The number of amides is 1. The fraction of sp³-hybridized carbons (Fsp3) is 0.500. The summed E-state index contributed by atoms with van der Waals surface area (Å²) in [5, 5.41) is 2.81. The van der Waals surface area contributed by atoms with E-state index in [9.17, 15) is 9.00 Å². The minimum absolute atomic E-state index is 0.127. The summed E-state index contributed by atoms with van der Waals surface area (Å²) in [7, 11) is 0.646. The Hall–Kier alpha value is -1.40. The van der Waals surface area contributed by atoms with Crippen LogP contribution in [0.5, 0.6) is 0 Å². The third kappa shape index (κ3) is 6.16. The van der Waals surface area contributed by atoms with Crippen LogP contribution in [0.4, 0.5) is 11.4 Å². The minimum Gasteiger partial charge on any atom is -0.399 e. The SMILES string of the molecule is COCCCS(=O)CCC(=O)Nc1ccc(N)cc1C. The first kappa shape index (κ1) is 16.7. The van der Waals surface area contributed by atoms with Crippen molar-refractivity contribution in [3.05, 3.63) is 23.8 Å². The zero-order chi connectivity index (χ0) is 15.0. The first-order chi connectivity index (χ1) is 9.52. The molecule has 1 atom stereocenters. The zero-order valence-electron chi connectivity index (χ0n) is 12.0. The fourth-order valence-electron chi connectivity index (χ4n) is 1.71. The molecule has 0 saturated heterocycles. The Bertz CT molecular complexity index is 477. The van der Waals surface area contributed by atoms with Gasteiger partial charge in [-0.05, 0) is 37.1 Å². The van der Waals surface area contributed by atoms with E-state index in [4.69, 9.17) is 10.5 Å². The molecule has 0 spiro atoms. The topological polar surface area (TPSA) is 81.4 Å². The summed E-state index contributed by atoms with van der Waals surface area (Å²) < 4.78 is 16.5. The number of nitrogens with one attached hydrogen (secondary N) is 1. The number of carbonyl (C=O) groups excluding carboxylic acids is 1. The Balaban J connectivity index is 2.34. The number of benzene rings is 1. The molecule has 0 aliphatic carbocycles. The molecule has 0 heterocycles. The second-order valence-corrected chi connectivity index (χ2v) is 6.26. The number of carbonyl (C=O) groups is 1. The van der Waals surface area contributed by atoms with E-state index in [0.717, 1.165) is 17.7 Å². The van der Waals surface area contributed by atoms with E-state index >= 15 is 0 Å². The first-order valence-electron chi connectivity index (χ1n) is 6.53. The second kappa shape index (κ2) is 8.71. The molecule has 0 bridgehead atoms. The Kier molecular flexibility index (Phi) is 7.25. The van der Waals surface area contributed by atoms with Crippen molar-refractivity contribution in [2.75, 3.05) is 36.3 Å². The highest BCUT2D eigenvalue weighted by Crippen LogP contribution is 2.17. The van der Waals surface area contributed by atoms with Crippen LogP contribution in [0.3, 0.4) is 0 Å². The Morgan fingerprint density at radius 2 is 2.15 bits per heavy atom. The first-order valence-corrected chi connectivity index (χ1v) is 8.01. The van der Waals surface area contributed by atoms with E-state index in [2.05, 4.69) is 5.32 Å². The van der Waals surface area contributed by atoms with Crippen LogP contribution < -0.4 is 11.1 Å². The lowest BCUT2D eigenvalue weighted by Gasteiger charge is -2.09. The van der Waals surface area contributed by atoms with Gasteiger partial charge in [-0.15, -0.1) is 0 Å². The van der Waals surface area contributed by atoms with Gasteiger partial charge in [0.1, 0.15) is 0 Å². The summed E-state index contributed by atoms with van der Waals surface area (Å²) in [4.78, 5) is 11.8. The van der Waals surface area contributed by atoms with Gasteiger partial charge in [-0.2, -0.15) is 0 Å². The molecule has 1 aromatic rings. The molecule has 20 heavy (non-hydrogen) atoms. The summed E-state index contributed by atoms with van der Waals surface area (Å²) >= 11 is 0. The molecule has 3 N–H and O–H groups in total. The number of nitrogen functional groups attached to an aromatic ring is 1. The molecule has 0 fully saturated rings. The molecule has 0 radical (unpaired) electrons. The van der Waals surface area contributed by atoms with Crippen LogP contribution in [0.2, 0.25) is 0 Å². The minimum atomic E-state index is -0.970. The van der Waals surface area contributed by atoms with Crippen molar-refractivity contribution in [1.82, 2.24) is 0 Å². The third-order valence-electron chi connectivity index (χ3n) is 2.80. The van der Waals surface area contributed by atoms with E-state index in [-0.39, 0.29) is 12.3 Å². The summed E-state index contributed by atoms with van der Waals surface area (Å²) in [6.07, 6.45) is 1.01. The molecule has 0 aliphatic heterocycles. The largest absolute Gasteiger partial charge is 0.399 e. The lowest BCUT2D eigenvalue weighted by molar-refractivity contribution is -0.115. The van der Waals surface area contributed by atoms with Crippen LogP contribution in [-0.4, -0.2) is 35.3 Å². The number of hydrogen-bond acceptors (Lipinski definition) is 4. The number of ether oxygens (including phenoxy) is 1. The molecule has 1 unspecified atom stereocenters. The maximum atomic E-state index is 11.8. The second-order valence-electron chi connectivity index (χ2n) is 4.57. The molecule has 1 rings (SSSR count). The lowest BCUT2D eigenvalue weighted by atomic mass is 10.2. The maximum Gasteiger partial charge on any atom is 0.225 e. The molecule has 0 aromatic heterocycles. The smallest absolute Gasteiger partial charge is 0.225 e. The fourth-order valence-corrected chi connectivity index (χ4v) is 2.77. The summed E-state index contributed by atoms with van der Waals surface area (Å²) in [5.41, 5.74) is 7.98. The lowest BCUT2D eigenvalue weighted by Crippen LogP contribution is -2.16. The van der Waals surface area contributed by atoms with Gasteiger partial charge in [-0.25, -0.2) is 0 Å². The van der Waals surface area contributed by atoms with E-state index in [1.165, 1.54) is 0 Å². The third-order valence-corrected chi connectivity index (χ3v) is 4.21. The highest BCUT2D eigenvalue weighted by molar-refractivity contribution is 7.84. The van der Waals surface area contributed by atoms with Gasteiger partial charge in [0.15, 0.2) is 0 Å². The van der Waals surface area contributed by atoms with Crippen LogP contribution in [0.25, 0.3) is 0 Å². The predicted molar refractivity (Wildman–Crippen MR) is 83.2 cm³/mol. The normalized spacial score (nSPS) is 12.1. The van der Waals surface area contributed by atoms with Crippen molar-refractivity contribution < 1.29 is 13.7 Å². The standard InChI is InChI=1S/C14H22N2O3S/c1-11-10-12(15)4-5-13(11)16-14(17)6-9-20(18)8-3-7-19-2/h4-5,10H,3,6-9,15H2,1-2H3,(H,16,17). The highest BCUT2D eigenvalue weighted by Gasteiger charge is 2.07. The van der Waals surface area contributed by atoms with Crippen molar-refractivity contribution in [1.29, 1.82) is 0 Å². The van der Waals surface area contributed by atoms with Gasteiger partial charge in [-0.3, -0.25) is 9.00 Å². The molecule has 6 heteroatoms. The van der Waals surface area contributed by atoms with Crippen molar-refractivity contribution in [2.24, 2.45) is 0 Å². The van der Waals surface area contributed by atoms with Gasteiger partial charge in [0.2, 0.25) is 5.91 Å². The van der Waals surface area contributed by atoms with Crippen LogP contribution in [0.15, 0.2) is 18.2 Å². The van der Waals surface area contributed by atoms with E-state index in [0.29, 0.717) is 23.8 Å². The van der Waals surface area contributed by atoms with Gasteiger partial charge in [-0.1, -0.05) is 0 Å². The van der Waals surface area contributed by atoms with Gasteiger partial charge in [0.25, 0.3) is 0 Å². The average molecular weight is 298 g/mol. The summed E-state index contributed by atoms with van der Waals surface area (Å²) in [6, 6.07) is 5.32. The summed E-state index contributed by atoms with van der Waals surface area (Å²) in [6.45, 7) is 2.48. The molecule has 5 nitrogen and oxygen atoms in total. The Labute approximate surface area is 122 Å². The molecule has 0 aliphatic rings. The van der Waals surface area contributed by atoms with Gasteiger partial charge in [0.05, 0.1) is 0 Å².